The van der Waals surface area contributed by atoms with E-state index in [9.17, 15) is 0 Å². The van der Waals surface area contributed by atoms with Gasteiger partial charge in [0.2, 0.25) is 0 Å². The van der Waals surface area contributed by atoms with Crippen LogP contribution in [0.1, 0.15) is 43.1 Å². The van der Waals surface area contributed by atoms with Gasteiger partial charge in [0.15, 0.2) is 0 Å². The zero-order valence-corrected chi connectivity index (χ0v) is 14.4. The lowest BCUT2D eigenvalue weighted by Gasteiger charge is -2.12. The summed E-state index contributed by atoms with van der Waals surface area (Å²) in [4.78, 5) is 10.7. The maximum Gasteiger partial charge on any atom is 0.144 e. The monoisotopic (exact) mass is 353 g/mol. The maximum atomic E-state index is 4.71. The molecule has 0 aliphatic carbocycles. The van der Waals surface area contributed by atoms with Gasteiger partial charge in [-0.25, -0.2) is 9.97 Å². The predicted molar refractivity (Wildman–Crippen MR) is 89.6 cm³/mol. The van der Waals surface area contributed by atoms with Gasteiger partial charge in [-0.3, -0.25) is 0 Å². The standard InChI is InChI=1S/C15H20BrN3S/c1-3-6-12-14(16)15(17-8-4-2)19-13(18-12)10-11-7-5-9-20-11/h5,7,9H,3-4,6,8,10H2,1-2H3,(H,17,18,19). The lowest BCUT2D eigenvalue weighted by Crippen LogP contribution is -2.09. The molecule has 1 N–H and O–H groups in total. The number of anilines is 1. The molecule has 0 atom stereocenters. The van der Waals surface area contributed by atoms with Crippen LogP contribution in [0.5, 0.6) is 0 Å². The van der Waals surface area contributed by atoms with Gasteiger partial charge < -0.3 is 5.32 Å². The van der Waals surface area contributed by atoms with Crippen molar-refractivity contribution in [1.82, 2.24) is 9.97 Å². The lowest BCUT2D eigenvalue weighted by atomic mass is 10.2. The van der Waals surface area contributed by atoms with E-state index in [1.54, 1.807) is 11.3 Å². The molecule has 2 aromatic heterocycles. The van der Waals surface area contributed by atoms with E-state index in [2.05, 4.69) is 57.6 Å². The summed E-state index contributed by atoms with van der Waals surface area (Å²) in [6.07, 6.45) is 3.95. The number of thiophene rings is 1. The molecule has 0 saturated carbocycles. The van der Waals surface area contributed by atoms with Crippen LogP contribution in [-0.4, -0.2) is 16.5 Å². The number of aromatic nitrogens is 2. The van der Waals surface area contributed by atoms with Crippen LogP contribution in [0.25, 0.3) is 0 Å². The zero-order chi connectivity index (χ0) is 14.4. The first-order valence-electron chi connectivity index (χ1n) is 7.06. The van der Waals surface area contributed by atoms with E-state index >= 15 is 0 Å². The van der Waals surface area contributed by atoms with Gasteiger partial charge in [0, 0.05) is 17.8 Å². The van der Waals surface area contributed by atoms with E-state index in [1.165, 1.54) is 4.88 Å². The summed E-state index contributed by atoms with van der Waals surface area (Å²) in [7, 11) is 0. The van der Waals surface area contributed by atoms with Crippen LogP contribution < -0.4 is 5.32 Å². The number of nitrogens with zero attached hydrogens (tertiary/aromatic N) is 2. The molecule has 5 heteroatoms. The molecule has 2 heterocycles. The summed E-state index contributed by atoms with van der Waals surface area (Å²) in [5, 5.41) is 5.48. The summed E-state index contributed by atoms with van der Waals surface area (Å²) in [5.41, 5.74) is 1.10. The molecule has 3 nitrogen and oxygen atoms in total. The molecule has 0 aliphatic heterocycles. The third-order valence-electron chi connectivity index (χ3n) is 2.91. The van der Waals surface area contributed by atoms with Crippen molar-refractivity contribution in [2.45, 2.75) is 39.5 Å². The van der Waals surface area contributed by atoms with Gasteiger partial charge in [-0.15, -0.1) is 11.3 Å². The van der Waals surface area contributed by atoms with Crippen molar-refractivity contribution in [3.63, 3.8) is 0 Å². The highest BCUT2D eigenvalue weighted by Crippen LogP contribution is 2.26. The third kappa shape index (κ3) is 4.03. The molecule has 2 rings (SSSR count). The molecule has 2 aromatic rings. The molecule has 0 radical (unpaired) electrons. The van der Waals surface area contributed by atoms with Crippen molar-refractivity contribution in [3.05, 3.63) is 38.4 Å². The average molecular weight is 354 g/mol. The second-order valence-electron chi connectivity index (χ2n) is 4.68. The van der Waals surface area contributed by atoms with E-state index in [0.29, 0.717) is 0 Å². The van der Waals surface area contributed by atoms with Crippen LogP contribution in [0, 0.1) is 0 Å². The molecule has 108 valence electrons. The molecule has 0 aromatic carbocycles. The zero-order valence-electron chi connectivity index (χ0n) is 11.9. The highest BCUT2D eigenvalue weighted by Gasteiger charge is 2.12. The van der Waals surface area contributed by atoms with Crippen molar-refractivity contribution < 1.29 is 0 Å². The fourth-order valence-electron chi connectivity index (χ4n) is 1.96. The van der Waals surface area contributed by atoms with E-state index in [1.807, 2.05) is 0 Å². The number of halogens is 1. The van der Waals surface area contributed by atoms with Crippen LogP contribution in [0.15, 0.2) is 22.0 Å². The van der Waals surface area contributed by atoms with Crippen LogP contribution in [-0.2, 0) is 12.8 Å². The largest absolute Gasteiger partial charge is 0.369 e. The Morgan fingerprint density at radius 1 is 1.25 bits per heavy atom. The molecule has 0 aliphatic rings. The third-order valence-corrected chi connectivity index (χ3v) is 4.62. The smallest absolute Gasteiger partial charge is 0.144 e. The Balaban J connectivity index is 2.28. The minimum Gasteiger partial charge on any atom is -0.369 e. The Labute approximate surface area is 133 Å². The first kappa shape index (κ1) is 15.4. The van der Waals surface area contributed by atoms with E-state index in [4.69, 9.17) is 4.98 Å². The molecule has 20 heavy (non-hydrogen) atoms. The Hall–Kier alpha value is -0.940. The number of rotatable bonds is 7. The molecule has 0 unspecified atom stereocenters. The lowest BCUT2D eigenvalue weighted by molar-refractivity contribution is 0.833. The highest BCUT2D eigenvalue weighted by molar-refractivity contribution is 9.10. The summed E-state index contributed by atoms with van der Waals surface area (Å²) >= 11 is 5.39. The van der Waals surface area contributed by atoms with Crippen LogP contribution in [0.3, 0.4) is 0 Å². The van der Waals surface area contributed by atoms with Gasteiger partial charge >= 0.3 is 0 Å². The van der Waals surface area contributed by atoms with Crippen molar-refractivity contribution in [2.75, 3.05) is 11.9 Å². The minimum absolute atomic E-state index is 0.808. The Morgan fingerprint density at radius 3 is 2.75 bits per heavy atom. The van der Waals surface area contributed by atoms with Gasteiger partial charge in [-0.1, -0.05) is 26.3 Å². The van der Waals surface area contributed by atoms with Crippen molar-refractivity contribution in [2.24, 2.45) is 0 Å². The van der Waals surface area contributed by atoms with Crippen molar-refractivity contribution in [3.8, 4) is 0 Å². The first-order valence-corrected chi connectivity index (χ1v) is 8.73. The SMILES string of the molecule is CCCNc1nc(Cc2cccs2)nc(CCC)c1Br. The van der Waals surface area contributed by atoms with Crippen molar-refractivity contribution >= 4 is 33.1 Å². The summed E-state index contributed by atoms with van der Waals surface area (Å²) in [5.74, 6) is 1.83. The Morgan fingerprint density at radius 2 is 2.10 bits per heavy atom. The molecular formula is C15H20BrN3S. The Bertz CT molecular complexity index is 540. The van der Waals surface area contributed by atoms with Gasteiger partial charge in [-0.2, -0.15) is 0 Å². The van der Waals surface area contributed by atoms with E-state index < -0.39 is 0 Å². The van der Waals surface area contributed by atoms with Gasteiger partial charge in [0.05, 0.1) is 10.2 Å². The number of nitrogens with one attached hydrogen (secondary N) is 1. The first-order chi connectivity index (χ1) is 9.74. The fraction of sp³-hybridized carbons (Fsp3) is 0.467. The van der Waals surface area contributed by atoms with Gasteiger partial charge in [0.1, 0.15) is 11.6 Å². The molecule has 0 saturated heterocycles. The van der Waals surface area contributed by atoms with Crippen LogP contribution in [0.2, 0.25) is 0 Å². The number of hydrogen-bond acceptors (Lipinski definition) is 4. The van der Waals surface area contributed by atoms with Crippen LogP contribution in [0.4, 0.5) is 5.82 Å². The molecule has 0 amide bonds. The Kier molecular flexibility index (Phi) is 5.98. The summed E-state index contributed by atoms with van der Waals surface area (Å²) < 4.78 is 1.02. The maximum absolute atomic E-state index is 4.71. The number of hydrogen-bond donors (Lipinski definition) is 1. The van der Waals surface area contributed by atoms with Crippen LogP contribution >= 0.6 is 27.3 Å². The van der Waals surface area contributed by atoms with E-state index in [-0.39, 0.29) is 0 Å². The topological polar surface area (TPSA) is 37.8 Å². The minimum atomic E-state index is 0.808. The van der Waals surface area contributed by atoms with E-state index in [0.717, 1.165) is 54.0 Å². The fourth-order valence-corrected chi connectivity index (χ4v) is 3.17. The average Bonchev–Trinajstić information content (AvgIpc) is 2.94. The molecule has 0 spiro atoms. The van der Waals surface area contributed by atoms with Crippen molar-refractivity contribution in [1.29, 1.82) is 0 Å². The second-order valence-corrected chi connectivity index (χ2v) is 6.51. The number of aryl methyl sites for hydroxylation is 1. The molecule has 0 bridgehead atoms. The summed E-state index contributed by atoms with van der Waals surface area (Å²) in [6, 6.07) is 4.21. The predicted octanol–water partition coefficient (Wildman–Crippen LogP) is 4.67. The highest BCUT2D eigenvalue weighted by atomic mass is 79.9. The summed E-state index contributed by atoms with van der Waals surface area (Å²) in [6.45, 7) is 5.26. The van der Waals surface area contributed by atoms with Gasteiger partial charge in [-0.05, 0) is 40.2 Å². The quantitative estimate of drug-likeness (QED) is 0.785. The molecular weight excluding hydrogens is 334 g/mol. The molecule has 0 fully saturated rings. The van der Waals surface area contributed by atoms with Gasteiger partial charge in [0.25, 0.3) is 0 Å². The second kappa shape index (κ2) is 7.74. The normalized spacial score (nSPS) is 10.8.